The minimum Gasteiger partial charge on any atom is -0.507 e. The van der Waals surface area contributed by atoms with Gasteiger partial charge in [-0.05, 0) is 36.6 Å². The van der Waals surface area contributed by atoms with Crippen molar-refractivity contribution < 1.29 is 9.90 Å². The molecule has 2 N–H and O–H groups in total. The van der Waals surface area contributed by atoms with E-state index < -0.39 is 0 Å². The standard InChI is InChI=1S/C10H11NO2/c1-5-3-8-7(4-9(12)11-8)6(2)10(5)13/h3,13H,4H2,1-2H3,(H,11,12). The number of anilines is 1. The second kappa shape index (κ2) is 2.49. The van der Waals surface area contributed by atoms with E-state index in [1.807, 2.05) is 19.9 Å². The number of hydrogen-bond donors (Lipinski definition) is 2. The van der Waals surface area contributed by atoms with Crippen molar-refractivity contribution in [3.63, 3.8) is 0 Å². The Kier molecular flexibility index (Phi) is 1.55. The zero-order chi connectivity index (χ0) is 9.59. The van der Waals surface area contributed by atoms with Crippen molar-refractivity contribution in [1.29, 1.82) is 0 Å². The first kappa shape index (κ1) is 8.10. The molecule has 0 unspecified atom stereocenters. The van der Waals surface area contributed by atoms with Crippen molar-refractivity contribution >= 4 is 11.6 Å². The van der Waals surface area contributed by atoms with Gasteiger partial charge < -0.3 is 10.4 Å². The molecule has 0 spiro atoms. The van der Waals surface area contributed by atoms with Crippen LogP contribution >= 0.6 is 0 Å². The minimum absolute atomic E-state index is 0.00287. The number of aryl methyl sites for hydroxylation is 1. The molecule has 68 valence electrons. The number of phenolic OH excluding ortho intramolecular Hbond substituents is 1. The van der Waals surface area contributed by atoms with Gasteiger partial charge in [0.25, 0.3) is 0 Å². The van der Waals surface area contributed by atoms with Crippen LogP contribution in [0.5, 0.6) is 5.75 Å². The predicted octanol–water partition coefficient (Wildman–Crippen LogP) is 1.50. The van der Waals surface area contributed by atoms with Gasteiger partial charge in [-0.15, -0.1) is 0 Å². The van der Waals surface area contributed by atoms with E-state index >= 15 is 0 Å². The average molecular weight is 177 g/mol. The van der Waals surface area contributed by atoms with E-state index in [0.717, 1.165) is 22.4 Å². The van der Waals surface area contributed by atoms with Gasteiger partial charge in [-0.25, -0.2) is 0 Å². The Morgan fingerprint density at radius 3 is 2.85 bits per heavy atom. The number of fused-ring (bicyclic) bond motifs is 1. The van der Waals surface area contributed by atoms with Crippen molar-refractivity contribution in [2.24, 2.45) is 0 Å². The molecule has 0 atom stereocenters. The maximum Gasteiger partial charge on any atom is 0.228 e. The van der Waals surface area contributed by atoms with Gasteiger partial charge in [0.2, 0.25) is 5.91 Å². The topological polar surface area (TPSA) is 49.3 Å². The third kappa shape index (κ3) is 1.08. The van der Waals surface area contributed by atoms with Crippen molar-refractivity contribution in [2.45, 2.75) is 20.3 Å². The second-order valence-electron chi connectivity index (χ2n) is 3.42. The molecule has 13 heavy (non-hydrogen) atoms. The smallest absolute Gasteiger partial charge is 0.228 e. The first-order chi connectivity index (χ1) is 6.09. The maximum absolute atomic E-state index is 11.1. The quantitative estimate of drug-likeness (QED) is 0.590. The number of amides is 1. The molecule has 0 saturated carbocycles. The Labute approximate surface area is 76.4 Å². The molecule has 0 bridgehead atoms. The minimum atomic E-state index is 0.00287. The largest absolute Gasteiger partial charge is 0.507 e. The molecule has 1 aromatic carbocycles. The molecule has 3 heteroatoms. The van der Waals surface area contributed by atoms with Gasteiger partial charge in [-0.1, -0.05) is 0 Å². The van der Waals surface area contributed by atoms with Crippen LogP contribution in [0, 0.1) is 13.8 Å². The van der Waals surface area contributed by atoms with Crippen molar-refractivity contribution in [2.75, 3.05) is 5.32 Å². The van der Waals surface area contributed by atoms with Gasteiger partial charge in [0.15, 0.2) is 0 Å². The Hall–Kier alpha value is -1.51. The first-order valence-electron chi connectivity index (χ1n) is 4.21. The fraction of sp³-hybridized carbons (Fsp3) is 0.300. The fourth-order valence-corrected chi connectivity index (χ4v) is 1.71. The lowest BCUT2D eigenvalue weighted by molar-refractivity contribution is -0.115. The molecule has 1 heterocycles. The van der Waals surface area contributed by atoms with Crippen LogP contribution in [0.3, 0.4) is 0 Å². The number of benzene rings is 1. The highest BCUT2D eigenvalue weighted by Crippen LogP contribution is 2.34. The maximum atomic E-state index is 11.1. The van der Waals surface area contributed by atoms with Crippen LogP contribution in [-0.4, -0.2) is 11.0 Å². The molecular formula is C10H11NO2. The van der Waals surface area contributed by atoms with Crippen molar-refractivity contribution in [3.05, 3.63) is 22.8 Å². The van der Waals surface area contributed by atoms with Gasteiger partial charge in [0.1, 0.15) is 5.75 Å². The number of nitrogens with one attached hydrogen (secondary N) is 1. The van der Waals surface area contributed by atoms with E-state index in [0.29, 0.717) is 12.2 Å². The summed E-state index contributed by atoms with van der Waals surface area (Å²) < 4.78 is 0. The van der Waals surface area contributed by atoms with E-state index in [9.17, 15) is 9.90 Å². The highest BCUT2D eigenvalue weighted by atomic mass is 16.3. The highest BCUT2D eigenvalue weighted by Gasteiger charge is 2.21. The zero-order valence-electron chi connectivity index (χ0n) is 7.64. The fourth-order valence-electron chi connectivity index (χ4n) is 1.71. The summed E-state index contributed by atoms with van der Waals surface area (Å²) in [7, 11) is 0. The molecule has 1 amide bonds. The summed E-state index contributed by atoms with van der Waals surface area (Å²) in [5.41, 5.74) is 3.39. The van der Waals surface area contributed by atoms with Crippen molar-refractivity contribution in [3.8, 4) is 5.75 Å². The van der Waals surface area contributed by atoms with E-state index in [1.54, 1.807) is 0 Å². The zero-order valence-corrected chi connectivity index (χ0v) is 7.64. The monoisotopic (exact) mass is 177 g/mol. The van der Waals surface area contributed by atoms with Crippen LogP contribution in [-0.2, 0) is 11.2 Å². The molecule has 0 saturated heterocycles. The summed E-state index contributed by atoms with van der Waals surface area (Å²) in [6, 6.07) is 1.81. The molecular weight excluding hydrogens is 166 g/mol. The van der Waals surface area contributed by atoms with Crippen molar-refractivity contribution in [1.82, 2.24) is 0 Å². The summed E-state index contributed by atoms with van der Waals surface area (Å²) in [6.45, 7) is 3.66. The van der Waals surface area contributed by atoms with Gasteiger partial charge in [0, 0.05) is 5.69 Å². The molecule has 0 radical (unpaired) electrons. The molecule has 3 nitrogen and oxygen atoms in total. The van der Waals surface area contributed by atoms with E-state index in [1.165, 1.54) is 0 Å². The summed E-state index contributed by atoms with van der Waals surface area (Å²) in [5, 5.41) is 12.4. The Morgan fingerprint density at radius 1 is 1.46 bits per heavy atom. The van der Waals surface area contributed by atoms with Gasteiger partial charge in [-0.3, -0.25) is 4.79 Å². The van der Waals surface area contributed by atoms with Crippen LogP contribution in [0.4, 0.5) is 5.69 Å². The lowest BCUT2D eigenvalue weighted by Gasteiger charge is -2.07. The van der Waals surface area contributed by atoms with Crippen LogP contribution in [0.25, 0.3) is 0 Å². The van der Waals surface area contributed by atoms with Gasteiger partial charge in [0.05, 0.1) is 6.42 Å². The molecule has 1 aliphatic heterocycles. The van der Waals surface area contributed by atoms with Crippen LogP contribution in [0.15, 0.2) is 6.07 Å². The van der Waals surface area contributed by atoms with E-state index in [-0.39, 0.29) is 5.91 Å². The molecule has 0 aromatic heterocycles. The van der Waals surface area contributed by atoms with Crippen LogP contribution in [0.1, 0.15) is 16.7 Å². The number of aromatic hydroxyl groups is 1. The lowest BCUT2D eigenvalue weighted by atomic mass is 10.0. The first-order valence-corrected chi connectivity index (χ1v) is 4.21. The Morgan fingerprint density at radius 2 is 2.15 bits per heavy atom. The van der Waals surface area contributed by atoms with Gasteiger partial charge in [-0.2, -0.15) is 0 Å². The number of carbonyl (C=O) groups is 1. The normalized spacial score (nSPS) is 14.2. The van der Waals surface area contributed by atoms with Gasteiger partial charge >= 0.3 is 0 Å². The number of phenols is 1. The highest BCUT2D eigenvalue weighted by molar-refractivity contribution is 6.00. The number of rotatable bonds is 0. The third-order valence-corrected chi connectivity index (χ3v) is 2.48. The molecule has 0 aliphatic carbocycles. The van der Waals surface area contributed by atoms with E-state index in [4.69, 9.17) is 0 Å². The lowest BCUT2D eigenvalue weighted by Crippen LogP contribution is -2.03. The molecule has 1 aliphatic rings. The van der Waals surface area contributed by atoms with E-state index in [2.05, 4.69) is 5.32 Å². The molecule has 0 fully saturated rings. The predicted molar refractivity (Wildman–Crippen MR) is 49.9 cm³/mol. The van der Waals surface area contributed by atoms with Crippen LogP contribution in [0.2, 0.25) is 0 Å². The van der Waals surface area contributed by atoms with Crippen LogP contribution < -0.4 is 5.32 Å². The SMILES string of the molecule is Cc1cc2c(c(C)c1O)CC(=O)N2. The average Bonchev–Trinajstić information content (AvgIpc) is 2.42. The summed E-state index contributed by atoms with van der Waals surface area (Å²) >= 11 is 0. The summed E-state index contributed by atoms with van der Waals surface area (Å²) in [5.74, 6) is 0.304. The Bertz CT molecular complexity index is 396. The Balaban J connectivity index is 2.66. The molecule has 1 aromatic rings. The molecule has 2 rings (SSSR count). The number of hydrogen-bond acceptors (Lipinski definition) is 2. The number of carbonyl (C=O) groups excluding carboxylic acids is 1. The third-order valence-electron chi connectivity index (χ3n) is 2.48. The second-order valence-corrected chi connectivity index (χ2v) is 3.42. The summed E-state index contributed by atoms with van der Waals surface area (Å²) in [6.07, 6.45) is 0.384. The summed E-state index contributed by atoms with van der Waals surface area (Å²) in [4.78, 5) is 11.1.